The molecular formula is C10H13N3S. The molecule has 1 aliphatic heterocycles. The molecule has 0 spiro atoms. The summed E-state index contributed by atoms with van der Waals surface area (Å²) < 4.78 is 1.83. The first-order valence-electron chi connectivity index (χ1n) is 4.64. The summed E-state index contributed by atoms with van der Waals surface area (Å²) in [6, 6.07) is 0. The molecule has 2 heterocycles. The van der Waals surface area contributed by atoms with Crippen LogP contribution < -0.4 is 5.73 Å². The molecule has 14 heavy (non-hydrogen) atoms. The number of nitrogens with two attached hydrogens (primary N) is 1. The average Bonchev–Trinajstić information content (AvgIpc) is 2.77. The Morgan fingerprint density at radius 1 is 1.79 bits per heavy atom. The fourth-order valence-corrected chi connectivity index (χ4v) is 2.92. The van der Waals surface area contributed by atoms with Crippen LogP contribution in [0.5, 0.6) is 0 Å². The van der Waals surface area contributed by atoms with Crippen molar-refractivity contribution in [2.45, 2.75) is 18.9 Å². The van der Waals surface area contributed by atoms with Gasteiger partial charge in [0.2, 0.25) is 0 Å². The van der Waals surface area contributed by atoms with Gasteiger partial charge in [0.15, 0.2) is 0 Å². The second kappa shape index (κ2) is 3.97. The first-order valence-corrected chi connectivity index (χ1v) is 5.80. The molecular weight excluding hydrogens is 194 g/mol. The Labute approximate surface area is 88.1 Å². The summed E-state index contributed by atoms with van der Waals surface area (Å²) in [5, 5.41) is 0. The summed E-state index contributed by atoms with van der Waals surface area (Å²) in [4.78, 5) is 4.35. The lowest BCUT2D eigenvalue weighted by Crippen LogP contribution is -2.05. The highest BCUT2D eigenvalue weighted by atomic mass is 32.2. The van der Waals surface area contributed by atoms with Crippen molar-refractivity contribution < 1.29 is 0 Å². The monoisotopic (exact) mass is 207 g/mol. The van der Waals surface area contributed by atoms with Crippen molar-refractivity contribution in [2.24, 2.45) is 0 Å². The van der Waals surface area contributed by atoms with Crippen molar-refractivity contribution in [3.63, 3.8) is 0 Å². The molecule has 1 saturated heterocycles. The quantitative estimate of drug-likeness (QED) is 0.744. The highest BCUT2D eigenvalue weighted by Crippen LogP contribution is 2.34. The largest absolute Gasteiger partial charge is 0.384 e. The van der Waals surface area contributed by atoms with Gasteiger partial charge in [-0.3, -0.25) is 0 Å². The summed E-state index contributed by atoms with van der Waals surface area (Å²) in [7, 11) is 0. The highest BCUT2D eigenvalue weighted by Gasteiger charge is 2.22. The number of nitrogen functional groups attached to an aromatic ring is 1. The van der Waals surface area contributed by atoms with E-state index in [4.69, 9.17) is 12.2 Å². The van der Waals surface area contributed by atoms with E-state index in [0.717, 1.165) is 17.3 Å². The molecule has 1 fully saturated rings. The van der Waals surface area contributed by atoms with E-state index in [1.807, 2.05) is 16.3 Å². The lowest BCUT2D eigenvalue weighted by molar-refractivity contribution is 0.759. The van der Waals surface area contributed by atoms with Gasteiger partial charge in [-0.05, 0) is 12.2 Å². The number of hydrogen-bond donors (Lipinski definition) is 1. The number of thioether (sulfide) groups is 1. The Morgan fingerprint density at radius 2 is 2.64 bits per heavy atom. The van der Waals surface area contributed by atoms with Crippen molar-refractivity contribution in [2.75, 3.05) is 17.2 Å². The predicted octanol–water partition coefficient (Wildman–Crippen LogP) is 1.32. The molecule has 1 aromatic heterocycles. The van der Waals surface area contributed by atoms with Gasteiger partial charge in [-0.15, -0.1) is 6.42 Å². The molecule has 1 unspecified atom stereocenters. The first-order chi connectivity index (χ1) is 6.83. The highest BCUT2D eigenvalue weighted by molar-refractivity contribution is 7.99. The fraction of sp³-hybridized carbons (Fsp3) is 0.500. The number of anilines is 1. The van der Waals surface area contributed by atoms with E-state index in [2.05, 4.69) is 10.9 Å². The second-order valence-corrected chi connectivity index (χ2v) is 4.56. The third-order valence-corrected chi connectivity index (χ3v) is 3.65. The van der Waals surface area contributed by atoms with Gasteiger partial charge < -0.3 is 10.3 Å². The van der Waals surface area contributed by atoms with Gasteiger partial charge in [-0.25, -0.2) is 4.98 Å². The predicted molar refractivity (Wildman–Crippen MR) is 60.2 cm³/mol. The van der Waals surface area contributed by atoms with Crippen LogP contribution in [0.15, 0.2) is 6.33 Å². The zero-order chi connectivity index (χ0) is 9.97. The van der Waals surface area contributed by atoms with Gasteiger partial charge in [0, 0.05) is 11.7 Å². The summed E-state index contributed by atoms with van der Waals surface area (Å²) in [5.41, 5.74) is 7.00. The molecule has 1 aliphatic rings. The van der Waals surface area contributed by atoms with Gasteiger partial charge in [0.05, 0.1) is 18.6 Å². The minimum absolute atomic E-state index is 0.513. The van der Waals surface area contributed by atoms with E-state index in [-0.39, 0.29) is 0 Å². The van der Waals surface area contributed by atoms with Crippen LogP contribution in [0.3, 0.4) is 0 Å². The number of aromatic nitrogens is 2. The van der Waals surface area contributed by atoms with Crippen molar-refractivity contribution >= 4 is 17.6 Å². The molecule has 1 atom stereocenters. The third-order valence-electron chi connectivity index (χ3n) is 2.49. The van der Waals surface area contributed by atoms with Crippen molar-refractivity contribution in [1.82, 2.24) is 9.55 Å². The van der Waals surface area contributed by atoms with E-state index >= 15 is 0 Å². The summed E-state index contributed by atoms with van der Waals surface area (Å²) in [6.07, 6.45) is 8.16. The number of nitrogens with zero attached hydrogens (tertiary/aromatic N) is 2. The molecule has 0 aromatic carbocycles. The van der Waals surface area contributed by atoms with Crippen LogP contribution in [0.2, 0.25) is 0 Å². The Morgan fingerprint density at radius 3 is 3.29 bits per heavy atom. The van der Waals surface area contributed by atoms with Crippen LogP contribution in [0, 0.1) is 12.3 Å². The Hall–Kier alpha value is -1.08. The van der Waals surface area contributed by atoms with Crippen LogP contribution in [0.25, 0.3) is 0 Å². The smallest absolute Gasteiger partial charge is 0.127 e. The van der Waals surface area contributed by atoms with E-state index < -0.39 is 0 Å². The van der Waals surface area contributed by atoms with Crippen LogP contribution in [0.1, 0.15) is 18.0 Å². The summed E-state index contributed by atoms with van der Waals surface area (Å²) in [6.45, 7) is 0.513. The third kappa shape index (κ3) is 1.60. The van der Waals surface area contributed by atoms with Crippen molar-refractivity contribution in [3.8, 4) is 12.3 Å². The Balaban J connectivity index is 2.22. The van der Waals surface area contributed by atoms with E-state index in [1.165, 1.54) is 12.2 Å². The minimum Gasteiger partial charge on any atom is -0.384 e. The van der Waals surface area contributed by atoms with Crippen LogP contribution >= 0.6 is 11.8 Å². The second-order valence-electron chi connectivity index (χ2n) is 3.41. The molecule has 0 radical (unpaired) electrons. The Kier molecular flexibility index (Phi) is 2.69. The van der Waals surface area contributed by atoms with E-state index in [9.17, 15) is 0 Å². The van der Waals surface area contributed by atoms with Crippen LogP contribution in [-0.4, -0.2) is 21.1 Å². The van der Waals surface area contributed by atoms with E-state index in [1.54, 1.807) is 6.33 Å². The van der Waals surface area contributed by atoms with E-state index in [0.29, 0.717) is 12.5 Å². The van der Waals surface area contributed by atoms with Crippen LogP contribution in [0.4, 0.5) is 5.82 Å². The van der Waals surface area contributed by atoms with Gasteiger partial charge in [-0.2, -0.15) is 11.8 Å². The number of terminal acetylenes is 1. The molecule has 0 amide bonds. The molecule has 0 saturated carbocycles. The lowest BCUT2D eigenvalue weighted by Gasteiger charge is -2.06. The fourth-order valence-electron chi connectivity index (χ4n) is 1.70. The van der Waals surface area contributed by atoms with Gasteiger partial charge in [0.25, 0.3) is 0 Å². The molecule has 0 bridgehead atoms. The minimum atomic E-state index is 0.513. The number of rotatable bonds is 2. The normalized spacial score (nSPS) is 20.9. The number of hydrogen-bond acceptors (Lipinski definition) is 3. The summed E-state index contributed by atoms with van der Waals surface area (Å²) >= 11 is 1.96. The summed E-state index contributed by atoms with van der Waals surface area (Å²) in [5.74, 6) is 6.19. The SMILES string of the molecule is C#CCn1cnc(C2CCSC2)c1N. The molecule has 0 aliphatic carbocycles. The first kappa shape index (κ1) is 9.47. The Bertz CT molecular complexity index is 358. The molecule has 74 valence electrons. The molecule has 1 aromatic rings. The van der Waals surface area contributed by atoms with Gasteiger partial charge in [-0.1, -0.05) is 5.92 Å². The van der Waals surface area contributed by atoms with Crippen molar-refractivity contribution in [1.29, 1.82) is 0 Å². The molecule has 4 heteroatoms. The zero-order valence-corrected chi connectivity index (χ0v) is 8.76. The lowest BCUT2D eigenvalue weighted by atomic mass is 10.1. The maximum absolute atomic E-state index is 5.96. The maximum Gasteiger partial charge on any atom is 0.127 e. The van der Waals surface area contributed by atoms with Crippen LogP contribution in [-0.2, 0) is 6.54 Å². The topological polar surface area (TPSA) is 43.8 Å². The average molecular weight is 207 g/mol. The van der Waals surface area contributed by atoms with Crippen molar-refractivity contribution in [3.05, 3.63) is 12.0 Å². The molecule has 2 rings (SSSR count). The maximum atomic E-state index is 5.96. The number of imidazole rings is 1. The molecule has 2 N–H and O–H groups in total. The molecule has 3 nitrogen and oxygen atoms in total. The zero-order valence-electron chi connectivity index (χ0n) is 7.94. The van der Waals surface area contributed by atoms with Gasteiger partial charge in [0.1, 0.15) is 5.82 Å². The standard InChI is InChI=1S/C10H13N3S/c1-2-4-13-7-12-9(10(13)11)8-3-5-14-6-8/h1,7-8H,3-6,11H2. The van der Waals surface area contributed by atoms with Gasteiger partial charge >= 0.3 is 0 Å².